The lowest BCUT2D eigenvalue weighted by molar-refractivity contribution is 0.0526. The van der Waals surface area contributed by atoms with E-state index in [-0.39, 0.29) is 0 Å². The number of rotatable bonds is 6. The monoisotopic (exact) mass is 328 g/mol. The van der Waals surface area contributed by atoms with Crippen molar-refractivity contribution < 1.29 is 9.53 Å². The van der Waals surface area contributed by atoms with Crippen molar-refractivity contribution in [3.8, 4) is 0 Å². The van der Waals surface area contributed by atoms with E-state index in [0.29, 0.717) is 28.3 Å². The number of anilines is 1. The molecule has 0 bridgehead atoms. The Labute approximate surface area is 136 Å². The van der Waals surface area contributed by atoms with Crippen molar-refractivity contribution in [2.75, 3.05) is 11.9 Å². The van der Waals surface area contributed by atoms with E-state index < -0.39 is 5.97 Å². The van der Waals surface area contributed by atoms with Crippen molar-refractivity contribution in [3.05, 3.63) is 28.8 Å². The second-order valence-corrected chi connectivity index (χ2v) is 5.34. The standard InChI is InChI=1S/C15H21ClN2O2S/c1-4-10(5-2)17-15(21)18-11-7-8-12(13(16)9-11)14(19)20-6-3/h7-10H,4-6H2,1-3H3,(H2,17,18,21). The Morgan fingerprint density at radius 3 is 2.52 bits per heavy atom. The van der Waals surface area contributed by atoms with Crippen LogP contribution in [0.1, 0.15) is 44.0 Å². The minimum atomic E-state index is -0.424. The molecule has 116 valence electrons. The fourth-order valence-corrected chi connectivity index (χ4v) is 2.35. The SMILES string of the molecule is CCOC(=O)c1ccc(NC(=S)NC(CC)CC)cc1Cl. The highest BCUT2D eigenvalue weighted by Gasteiger charge is 2.12. The Morgan fingerprint density at radius 2 is 2.00 bits per heavy atom. The number of esters is 1. The molecule has 0 saturated heterocycles. The van der Waals surface area contributed by atoms with E-state index in [0.717, 1.165) is 18.5 Å². The molecular formula is C15H21ClN2O2S. The van der Waals surface area contributed by atoms with E-state index in [4.69, 9.17) is 28.6 Å². The van der Waals surface area contributed by atoms with Gasteiger partial charge in [-0.05, 0) is 50.2 Å². The molecule has 0 unspecified atom stereocenters. The van der Waals surface area contributed by atoms with Gasteiger partial charge >= 0.3 is 5.97 Å². The second-order valence-electron chi connectivity index (χ2n) is 4.53. The molecule has 0 heterocycles. The molecule has 0 amide bonds. The molecular weight excluding hydrogens is 308 g/mol. The molecule has 0 radical (unpaired) electrons. The summed E-state index contributed by atoms with van der Waals surface area (Å²) >= 11 is 11.4. The van der Waals surface area contributed by atoms with Crippen LogP contribution in [0.2, 0.25) is 5.02 Å². The smallest absolute Gasteiger partial charge is 0.339 e. The lowest BCUT2D eigenvalue weighted by Crippen LogP contribution is -2.36. The summed E-state index contributed by atoms with van der Waals surface area (Å²) in [5.74, 6) is -0.424. The third kappa shape index (κ3) is 5.52. The lowest BCUT2D eigenvalue weighted by atomic mass is 10.2. The first-order valence-electron chi connectivity index (χ1n) is 7.05. The zero-order valence-electron chi connectivity index (χ0n) is 12.5. The number of carbonyl (C=O) groups is 1. The molecule has 2 N–H and O–H groups in total. The Bertz CT molecular complexity index is 504. The molecule has 4 nitrogen and oxygen atoms in total. The van der Waals surface area contributed by atoms with E-state index in [1.165, 1.54) is 0 Å². The van der Waals surface area contributed by atoms with Gasteiger partial charge < -0.3 is 15.4 Å². The van der Waals surface area contributed by atoms with Gasteiger partial charge in [-0.25, -0.2) is 4.79 Å². The third-order valence-electron chi connectivity index (χ3n) is 3.04. The highest BCUT2D eigenvalue weighted by molar-refractivity contribution is 7.80. The number of halogens is 1. The number of carbonyl (C=O) groups excluding carboxylic acids is 1. The quantitative estimate of drug-likeness (QED) is 0.611. The van der Waals surface area contributed by atoms with E-state index in [2.05, 4.69) is 24.5 Å². The lowest BCUT2D eigenvalue weighted by Gasteiger charge is -2.18. The van der Waals surface area contributed by atoms with Crippen molar-refractivity contribution in [1.29, 1.82) is 0 Å². The maximum atomic E-state index is 11.7. The van der Waals surface area contributed by atoms with Gasteiger partial charge in [-0.2, -0.15) is 0 Å². The van der Waals surface area contributed by atoms with Crippen molar-refractivity contribution in [2.45, 2.75) is 39.7 Å². The minimum Gasteiger partial charge on any atom is -0.462 e. The molecule has 21 heavy (non-hydrogen) atoms. The first-order chi connectivity index (χ1) is 10.0. The summed E-state index contributed by atoms with van der Waals surface area (Å²) < 4.78 is 4.93. The van der Waals surface area contributed by atoms with Crippen molar-refractivity contribution in [3.63, 3.8) is 0 Å². The van der Waals surface area contributed by atoms with Gasteiger partial charge in [0.1, 0.15) is 0 Å². The molecule has 1 aromatic rings. The summed E-state index contributed by atoms with van der Waals surface area (Å²) in [5, 5.41) is 7.17. The van der Waals surface area contributed by atoms with Crippen molar-refractivity contribution in [2.24, 2.45) is 0 Å². The molecule has 0 aliphatic rings. The van der Waals surface area contributed by atoms with Crippen LogP contribution in [0.15, 0.2) is 18.2 Å². The maximum Gasteiger partial charge on any atom is 0.339 e. The second kappa shape index (κ2) is 8.85. The summed E-state index contributed by atoms with van der Waals surface area (Å²) in [6.07, 6.45) is 2.00. The van der Waals surface area contributed by atoms with Gasteiger partial charge in [-0.1, -0.05) is 25.4 Å². The number of hydrogen-bond donors (Lipinski definition) is 2. The molecule has 0 spiro atoms. The highest BCUT2D eigenvalue weighted by Crippen LogP contribution is 2.21. The Kier molecular flexibility index (Phi) is 7.47. The van der Waals surface area contributed by atoms with Crippen LogP contribution in [0.3, 0.4) is 0 Å². The number of ether oxygens (including phenoxy) is 1. The van der Waals surface area contributed by atoms with E-state index in [9.17, 15) is 4.79 Å². The van der Waals surface area contributed by atoms with Gasteiger partial charge in [0.15, 0.2) is 5.11 Å². The molecule has 0 aliphatic heterocycles. The van der Waals surface area contributed by atoms with E-state index in [1.807, 2.05) is 0 Å². The maximum absolute atomic E-state index is 11.7. The summed E-state index contributed by atoms with van der Waals surface area (Å²) in [6.45, 7) is 6.28. The zero-order chi connectivity index (χ0) is 15.8. The van der Waals surface area contributed by atoms with Gasteiger partial charge in [-0.3, -0.25) is 0 Å². The van der Waals surface area contributed by atoms with Crippen molar-refractivity contribution in [1.82, 2.24) is 5.32 Å². The predicted octanol–water partition coefficient (Wildman–Crippen LogP) is 3.99. The van der Waals surface area contributed by atoms with Crippen LogP contribution in [0.4, 0.5) is 5.69 Å². The number of benzene rings is 1. The first kappa shape index (κ1) is 17.7. The largest absolute Gasteiger partial charge is 0.462 e. The molecule has 0 atom stereocenters. The topological polar surface area (TPSA) is 50.4 Å². The van der Waals surface area contributed by atoms with Crippen LogP contribution in [0.25, 0.3) is 0 Å². The van der Waals surface area contributed by atoms with Gasteiger partial charge in [0.2, 0.25) is 0 Å². The molecule has 0 saturated carbocycles. The molecule has 0 fully saturated rings. The van der Waals surface area contributed by atoms with Crippen LogP contribution in [0, 0.1) is 0 Å². The van der Waals surface area contributed by atoms with Gasteiger partial charge in [-0.15, -0.1) is 0 Å². The van der Waals surface area contributed by atoms with Crippen LogP contribution in [0.5, 0.6) is 0 Å². The number of hydrogen-bond acceptors (Lipinski definition) is 3. The van der Waals surface area contributed by atoms with Gasteiger partial charge in [0.05, 0.1) is 17.2 Å². The summed E-state index contributed by atoms with van der Waals surface area (Å²) in [5.41, 5.74) is 1.08. The van der Waals surface area contributed by atoms with Crippen LogP contribution >= 0.6 is 23.8 Å². The predicted molar refractivity (Wildman–Crippen MR) is 91.1 cm³/mol. The average molecular weight is 329 g/mol. The fraction of sp³-hybridized carbons (Fsp3) is 0.467. The molecule has 1 aromatic carbocycles. The zero-order valence-corrected chi connectivity index (χ0v) is 14.1. The Hall–Kier alpha value is -1.33. The number of thiocarbonyl (C=S) groups is 1. The van der Waals surface area contributed by atoms with Gasteiger partial charge in [0, 0.05) is 11.7 Å². The van der Waals surface area contributed by atoms with E-state index in [1.54, 1.807) is 25.1 Å². The summed E-state index contributed by atoms with van der Waals surface area (Å²) in [7, 11) is 0. The Balaban J connectivity index is 2.71. The van der Waals surface area contributed by atoms with E-state index >= 15 is 0 Å². The summed E-state index contributed by atoms with van der Waals surface area (Å²) in [6, 6.07) is 5.38. The number of nitrogens with one attached hydrogen (secondary N) is 2. The normalized spacial score (nSPS) is 10.3. The highest BCUT2D eigenvalue weighted by atomic mass is 35.5. The molecule has 0 aromatic heterocycles. The van der Waals surface area contributed by atoms with Crippen LogP contribution < -0.4 is 10.6 Å². The van der Waals surface area contributed by atoms with Gasteiger partial charge in [0.25, 0.3) is 0 Å². The van der Waals surface area contributed by atoms with Crippen LogP contribution in [-0.2, 0) is 4.74 Å². The molecule has 6 heteroatoms. The fourth-order valence-electron chi connectivity index (χ4n) is 1.81. The average Bonchev–Trinajstić information content (AvgIpc) is 2.45. The Morgan fingerprint density at radius 1 is 1.33 bits per heavy atom. The third-order valence-corrected chi connectivity index (χ3v) is 3.58. The summed E-state index contributed by atoms with van der Waals surface area (Å²) in [4.78, 5) is 11.7. The molecule has 0 aliphatic carbocycles. The first-order valence-corrected chi connectivity index (χ1v) is 7.84. The minimum absolute atomic E-state index is 0.318. The molecule has 1 rings (SSSR count). The van der Waals surface area contributed by atoms with Crippen molar-refractivity contribution >= 4 is 40.6 Å². The van der Waals surface area contributed by atoms with Crippen LogP contribution in [-0.4, -0.2) is 23.7 Å².